The Labute approximate surface area is 129 Å². The van der Waals surface area contributed by atoms with Gasteiger partial charge in [-0.15, -0.1) is 0 Å². The third kappa shape index (κ3) is 4.55. The van der Waals surface area contributed by atoms with Gasteiger partial charge in [-0.25, -0.2) is 9.78 Å². The van der Waals surface area contributed by atoms with E-state index in [-0.39, 0.29) is 0 Å². The zero-order valence-electron chi connectivity index (χ0n) is 13.1. The van der Waals surface area contributed by atoms with Gasteiger partial charge in [-0.1, -0.05) is 6.07 Å². The van der Waals surface area contributed by atoms with E-state index in [4.69, 9.17) is 4.74 Å². The lowest BCUT2D eigenvalue weighted by atomic mass is 10.0. The lowest BCUT2D eigenvalue weighted by Crippen LogP contribution is -2.27. The summed E-state index contributed by atoms with van der Waals surface area (Å²) in [5.41, 5.74) is 2.48. The second-order valence-corrected chi connectivity index (χ2v) is 6.08. The van der Waals surface area contributed by atoms with Crippen LogP contribution in [0.1, 0.15) is 26.3 Å². The number of hydrogen-bond acceptors (Lipinski definition) is 3. The zero-order valence-corrected chi connectivity index (χ0v) is 13.1. The van der Waals surface area contributed by atoms with Crippen molar-refractivity contribution in [3.63, 3.8) is 0 Å². The smallest absolute Gasteiger partial charge is 0.412 e. The van der Waals surface area contributed by atoms with Gasteiger partial charge in [-0.3, -0.25) is 5.32 Å². The van der Waals surface area contributed by atoms with Crippen LogP contribution in [0, 0.1) is 12.9 Å². The molecular weight excluding hydrogens is 283 g/mol. The van der Waals surface area contributed by atoms with Crippen molar-refractivity contribution >= 4 is 11.8 Å². The molecule has 0 fully saturated rings. The Bertz CT molecular complexity index is 693. The number of nitrogens with one attached hydrogen (secondary N) is 1. The summed E-state index contributed by atoms with van der Waals surface area (Å²) in [5.74, 6) is -0.541. The van der Waals surface area contributed by atoms with Gasteiger partial charge < -0.3 is 4.74 Å². The molecule has 116 valence electrons. The van der Waals surface area contributed by atoms with Gasteiger partial charge in [0.15, 0.2) is 0 Å². The van der Waals surface area contributed by atoms with E-state index in [0.717, 1.165) is 11.1 Å². The minimum absolute atomic E-state index is 0.523. The van der Waals surface area contributed by atoms with Crippen LogP contribution in [0.15, 0.2) is 36.5 Å². The number of ether oxygens (including phenoxy) is 1. The molecule has 5 heteroatoms. The van der Waals surface area contributed by atoms with Crippen LogP contribution in [-0.2, 0) is 4.74 Å². The number of anilines is 1. The highest BCUT2D eigenvalue weighted by atomic mass is 19.1. The first-order valence-electron chi connectivity index (χ1n) is 6.96. The zero-order chi connectivity index (χ0) is 16.3. The van der Waals surface area contributed by atoms with Crippen molar-refractivity contribution < 1.29 is 13.9 Å². The first-order chi connectivity index (χ1) is 10.2. The fourth-order valence-electron chi connectivity index (χ4n) is 2.03. The van der Waals surface area contributed by atoms with E-state index in [1.165, 1.54) is 12.3 Å². The summed E-state index contributed by atoms with van der Waals surface area (Å²) in [4.78, 5) is 15.4. The number of hydrogen-bond donors (Lipinski definition) is 1. The average Bonchev–Trinajstić information content (AvgIpc) is 2.35. The monoisotopic (exact) mass is 302 g/mol. The summed E-state index contributed by atoms with van der Waals surface area (Å²) in [5, 5.41) is 2.69. The maximum absolute atomic E-state index is 13.2. The molecule has 0 aliphatic carbocycles. The highest BCUT2D eigenvalue weighted by molar-refractivity contribution is 5.86. The number of benzene rings is 1. The predicted octanol–water partition coefficient (Wildman–Crippen LogP) is 4.54. The van der Waals surface area contributed by atoms with E-state index >= 15 is 0 Å². The van der Waals surface area contributed by atoms with Crippen molar-refractivity contribution in [1.29, 1.82) is 0 Å². The summed E-state index contributed by atoms with van der Waals surface area (Å²) in [7, 11) is 0. The molecule has 1 heterocycles. The quantitative estimate of drug-likeness (QED) is 0.828. The lowest BCUT2D eigenvalue weighted by Gasteiger charge is -2.20. The molecule has 0 unspecified atom stereocenters. The Morgan fingerprint density at radius 3 is 2.55 bits per heavy atom. The molecule has 1 amide bonds. The van der Waals surface area contributed by atoms with Gasteiger partial charge in [-0.05, 0) is 62.6 Å². The van der Waals surface area contributed by atoms with Gasteiger partial charge in [0.25, 0.3) is 0 Å². The van der Waals surface area contributed by atoms with Crippen LogP contribution in [0.25, 0.3) is 11.1 Å². The number of carbonyl (C=O) groups excluding carboxylic acids is 1. The lowest BCUT2D eigenvalue weighted by molar-refractivity contribution is 0.0636. The number of carbonyl (C=O) groups is 1. The summed E-state index contributed by atoms with van der Waals surface area (Å²) in [6, 6.07) is 8.58. The van der Waals surface area contributed by atoms with Crippen molar-refractivity contribution in [2.75, 3.05) is 5.32 Å². The number of halogens is 1. The molecular formula is C17H19FN2O2. The van der Waals surface area contributed by atoms with Gasteiger partial charge in [-0.2, -0.15) is 4.39 Å². The Morgan fingerprint density at radius 1 is 1.18 bits per heavy atom. The number of nitrogens with zero attached hydrogens (tertiary/aromatic N) is 1. The predicted molar refractivity (Wildman–Crippen MR) is 84.2 cm³/mol. The Kier molecular flexibility index (Phi) is 4.45. The number of rotatable bonds is 2. The Hall–Kier alpha value is -2.43. The molecule has 0 aliphatic rings. The van der Waals surface area contributed by atoms with E-state index in [2.05, 4.69) is 10.3 Å². The SMILES string of the molecule is Cc1cc(NC(=O)OC(C)(C)C)cc(-c2ccnc(F)c2)c1. The normalized spacial score (nSPS) is 11.1. The second-order valence-electron chi connectivity index (χ2n) is 6.08. The summed E-state index contributed by atoms with van der Waals surface area (Å²) in [6.45, 7) is 7.30. The highest BCUT2D eigenvalue weighted by Crippen LogP contribution is 2.25. The van der Waals surface area contributed by atoms with Gasteiger partial charge in [0.1, 0.15) is 5.60 Å². The summed E-state index contributed by atoms with van der Waals surface area (Å²) in [6.07, 6.45) is 0.887. The topological polar surface area (TPSA) is 51.2 Å². The van der Waals surface area contributed by atoms with Crippen LogP contribution >= 0.6 is 0 Å². The molecule has 4 nitrogen and oxygen atoms in total. The molecule has 1 aromatic carbocycles. The minimum atomic E-state index is -0.565. The largest absolute Gasteiger partial charge is 0.444 e. The third-order valence-electron chi connectivity index (χ3n) is 2.78. The summed E-state index contributed by atoms with van der Waals surface area (Å²) < 4.78 is 18.5. The standard InChI is InChI=1S/C17H19FN2O2/c1-11-7-13(12-5-6-19-15(18)10-12)9-14(8-11)20-16(21)22-17(2,3)4/h5-10H,1-4H3,(H,20,21). The molecule has 0 radical (unpaired) electrons. The second kappa shape index (κ2) is 6.13. The maximum Gasteiger partial charge on any atom is 0.412 e. The van der Waals surface area contributed by atoms with Crippen molar-refractivity contribution in [3.05, 3.63) is 48.0 Å². The molecule has 0 spiro atoms. The van der Waals surface area contributed by atoms with Crippen LogP contribution in [0.3, 0.4) is 0 Å². The van der Waals surface area contributed by atoms with E-state index in [9.17, 15) is 9.18 Å². The van der Waals surface area contributed by atoms with Crippen LogP contribution in [-0.4, -0.2) is 16.7 Å². The highest BCUT2D eigenvalue weighted by Gasteiger charge is 2.16. The van der Waals surface area contributed by atoms with Crippen molar-refractivity contribution in [1.82, 2.24) is 4.98 Å². The van der Waals surface area contributed by atoms with Crippen molar-refractivity contribution in [3.8, 4) is 11.1 Å². The number of aryl methyl sites for hydroxylation is 1. The molecule has 2 aromatic rings. The number of aromatic nitrogens is 1. The Morgan fingerprint density at radius 2 is 1.91 bits per heavy atom. The maximum atomic E-state index is 13.2. The van der Waals surface area contributed by atoms with Gasteiger partial charge in [0, 0.05) is 18.0 Å². The fraction of sp³-hybridized carbons (Fsp3) is 0.294. The minimum Gasteiger partial charge on any atom is -0.444 e. The average molecular weight is 302 g/mol. The first-order valence-corrected chi connectivity index (χ1v) is 6.96. The van der Waals surface area contributed by atoms with E-state index in [1.807, 2.05) is 19.1 Å². The van der Waals surface area contributed by atoms with Crippen LogP contribution in [0.4, 0.5) is 14.9 Å². The molecule has 0 saturated carbocycles. The molecule has 2 rings (SSSR count). The van der Waals surface area contributed by atoms with E-state index < -0.39 is 17.6 Å². The Balaban J connectivity index is 2.26. The molecule has 22 heavy (non-hydrogen) atoms. The van der Waals surface area contributed by atoms with Crippen molar-refractivity contribution in [2.45, 2.75) is 33.3 Å². The van der Waals surface area contributed by atoms with Gasteiger partial charge in [0.05, 0.1) is 0 Å². The van der Waals surface area contributed by atoms with Gasteiger partial charge in [0.2, 0.25) is 5.95 Å². The fourth-order valence-corrected chi connectivity index (χ4v) is 2.03. The molecule has 0 aliphatic heterocycles. The van der Waals surface area contributed by atoms with Crippen molar-refractivity contribution in [2.24, 2.45) is 0 Å². The third-order valence-corrected chi connectivity index (χ3v) is 2.78. The van der Waals surface area contributed by atoms with E-state index in [0.29, 0.717) is 11.3 Å². The van der Waals surface area contributed by atoms with Crippen LogP contribution in [0.2, 0.25) is 0 Å². The molecule has 1 N–H and O–H groups in total. The van der Waals surface area contributed by atoms with E-state index in [1.54, 1.807) is 32.9 Å². The number of amides is 1. The summed E-state index contributed by atoms with van der Waals surface area (Å²) >= 11 is 0. The molecule has 0 saturated heterocycles. The molecule has 1 aromatic heterocycles. The van der Waals surface area contributed by atoms with Gasteiger partial charge >= 0.3 is 6.09 Å². The first kappa shape index (κ1) is 15.9. The van der Waals surface area contributed by atoms with Crippen LogP contribution in [0.5, 0.6) is 0 Å². The number of pyridine rings is 1. The molecule has 0 bridgehead atoms. The molecule has 0 atom stereocenters. The van der Waals surface area contributed by atoms with Crippen LogP contribution < -0.4 is 5.32 Å².